The number of nitrogens with one attached hydrogen (secondary N) is 1. The predicted molar refractivity (Wildman–Crippen MR) is 73.7 cm³/mol. The molecule has 0 atom stereocenters. The molecule has 1 aromatic heterocycles. The van der Waals surface area contributed by atoms with E-state index in [0.717, 1.165) is 28.7 Å². The van der Waals surface area contributed by atoms with Crippen LogP contribution in [0.3, 0.4) is 0 Å². The first-order chi connectivity index (χ1) is 9.60. The zero-order valence-electron chi connectivity index (χ0n) is 10.6. The molecule has 1 aromatic carbocycles. The van der Waals surface area contributed by atoms with Gasteiger partial charge in [0.15, 0.2) is 10.9 Å². The minimum Gasteiger partial charge on any atom is -0.481 e. The van der Waals surface area contributed by atoms with Crippen molar-refractivity contribution >= 4 is 22.2 Å². The molecule has 2 rings (SSSR count). The lowest BCUT2D eigenvalue weighted by molar-refractivity contribution is -0.386. The van der Waals surface area contributed by atoms with Gasteiger partial charge in [0.25, 0.3) is 0 Å². The van der Waals surface area contributed by atoms with Crippen LogP contribution in [-0.2, 0) is 6.61 Å². The average molecular weight is 297 g/mol. The summed E-state index contributed by atoms with van der Waals surface area (Å²) in [5, 5.41) is 14.6. The Morgan fingerprint density at radius 2 is 2.35 bits per heavy atom. The van der Waals surface area contributed by atoms with Crippen molar-refractivity contribution < 1.29 is 14.1 Å². The highest BCUT2D eigenvalue weighted by Gasteiger charge is 2.16. The van der Waals surface area contributed by atoms with Crippen LogP contribution in [0.4, 0.5) is 15.2 Å². The van der Waals surface area contributed by atoms with E-state index in [1.807, 2.05) is 6.92 Å². The van der Waals surface area contributed by atoms with E-state index in [0.29, 0.717) is 0 Å². The molecule has 0 spiro atoms. The van der Waals surface area contributed by atoms with E-state index >= 15 is 0 Å². The molecule has 6 nitrogen and oxygen atoms in total. The smallest absolute Gasteiger partial charge is 0.313 e. The quantitative estimate of drug-likeness (QED) is 0.654. The van der Waals surface area contributed by atoms with Gasteiger partial charge in [-0.25, -0.2) is 9.37 Å². The van der Waals surface area contributed by atoms with E-state index in [2.05, 4.69) is 10.3 Å². The maximum absolute atomic E-state index is 13.0. The average Bonchev–Trinajstić information content (AvgIpc) is 2.85. The largest absolute Gasteiger partial charge is 0.481 e. The molecule has 2 aromatic rings. The van der Waals surface area contributed by atoms with Crippen LogP contribution in [-0.4, -0.2) is 16.5 Å². The Kier molecular flexibility index (Phi) is 4.46. The number of nitro groups is 1. The Balaban J connectivity index is 2.08. The van der Waals surface area contributed by atoms with Crippen LogP contribution in [0.1, 0.15) is 11.8 Å². The van der Waals surface area contributed by atoms with Gasteiger partial charge in [-0.2, -0.15) is 0 Å². The highest BCUT2D eigenvalue weighted by molar-refractivity contribution is 7.15. The van der Waals surface area contributed by atoms with Gasteiger partial charge in [-0.15, -0.1) is 0 Å². The summed E-state index contributed by atoms with van der Waals surface area (Å²) in [6.45, 7) is 2.87. The van der Waals surface area contributed by atoms with Gasteiger partial charge in [0.2, 0.25) is 0 Å². The fourth-order valence-corrected chi connectivity index (χ4v) is 2.30. The molecule has 0 saturated heterocycles. The summed E-state index contributed by atoms with van der Waals surface area (Å²) in [5.74, 6) is -0.633. The van der Waals surface area contributed by atoms with Gasteiger partial charge in [0, 0.05) is 12.7 Å². The molecule has 106 valence electrons. The number of ether oxygens (including phenoxy) is 1. The Morgan fingerprint density at radius 3 is 3.05 bits per heavy atom. The highest BCUT2D eigenvalue weighted by atomic mass is 32.1. The van der Waals surface area contributed by atoms with Crippen LogP contribution in [0.15, 0.2) is 24.4 Å². The van der Waals surface area contributed by atoms with Crippen molar-refractivity contribution in [3.05, 3.63) is 45.2 Å². The third-order valence-electron chi connectivity index (χ3n) is 2.37. The van der Waals surface area contributed by atoms with Crippen LogP contribution < -0.4 is 10.1 Å². The molecular formula is C12H12FN3O3S. The summed E-state index contributed by atoms with van der Waals surface area (Å²) in [6, 6.07) is 3.21. The molecule has 0 aliphatic heterocycles. The Morgan fingerprint density at radius 1 is 1.55 bits per heavy atom. The van der Waals surface area contributed by atoms with Crippen LogP contribution in [0.2, 0.25) is 0 Å². The zero-order valence-corrected chi connectivity index (χ0v) is 11.4. The van der Waals surface area contributed by atoms with Gasteiger partial charge in [0.05, 0.1) is 15.9 Å². The summed E-state index contributed by atoms with van der Waals surface area (Å²) in [5.41, 5.74) is -0.388. The van der Waals surface area contributed by atoms with Crippen molar-refractivity contribution in [1.29, 1.82) is 0 Å². The number of anilines is 1. The summed E-state index contributed by atoms with van der Waals surface area (Å²) < 4.78 is 18.3. The topological polar surface area (TPSA) is 77.3 Å². The first kappa shape index (κ1) is 14.2. The van der Waals surface area contributed by atoms with Gasteiger partial charge in [-0.3, -0.25) is 10.1 Å². The van der Waals surface area contributed by atoms with Gasteiger partial charge in [-0.05, 0) is 19.1 Å². The number of halogens is 1. The molecule has 0 radical (unpaired) electrons. The maximum Gasteiger partial charge on any atom is 0.313 e. The van der Waals surface area contributed by atoms with E-state index in [1.54, 1.807) is 6.20 Å². The number of rotatable bonds is 6. The summed E-state index contributed by atoms with van der Waals surface area (Å²) in [6.07, 6.45) is 1.64. The minimum atomic E-state index is -0.671. The molecule has 0 fully saturated rings. The Bertz CT molecular complexity index is 618. The third-order valence-corrected chi connectivity index (χ3v) is 3.30. The van der Waals surface area contributed by atoms with Crippen molar-refractivity contribution in [2.75, 3.05) is 11.9 Å². The molecule has 8 heteroatoms. The third kappa shape index (κ3) is 3.41. The van der Waals surface area contributed by atoms with Crippen molar-refractivity contribution in [3.63, 3.8) is 0 Å². The number of nitrogens with zero attached hydrogens (tertiary/aromatic N) is 2. The van der Waals surface area contributed by atoms with Crippen LogP contribution in [0, 0.1) is 15.9 Å². The number of nitro benzene ring substituents is 1. The molecule has 0 aliphatic carbocycles. The van der Waals surface area contributed by atoms with Crippen LogP contribution >= 0.6 is 11.3 Å². The number of hydrogen-bond acceptors (Lipinski definition) is 6. The van der Waals surface area contributed by atoms with Crippen LogP contribution in [0.5, 0.6) is 5.75 Å². The molecule has 1 N–H and O–H groups in total. The van der Waals surface area contributed by atoms with E-state index < -0.39 is 10.7 Å². The normalized spacial score (nSPS) is 10.3. The van der Waals surface area contributed by atoms with E-state index in [1.165, 1.54) is 17.4 Å². The van der Waals surface area contributed by atoms with Crippen molar-refractivity contribution in [1.82, 2.24) is 4.98 Å². The number of aromatic nitrogens is 1. The Hall–Kier alpha value is -2.22. The number of thiazole rings is 1. The monoisotopic (exact) mass is 297 g/mol. The van der Waals surface area contributed by atoms with Gasteiger partial charge >= 0.3 is 5.69 Å². The van der Waals surface area contributed by atoms with Gasteiger partial charge in [-0.1, -0.05) is 11.3 Å². The molecule has 0 unspecified atom stereocenters. The Labute approximate surface area is 118 Å². The molecule has 1 heterocycles. The fraction of sp³-hybridized carbons (Fsp3) is 0.250. The molecule has 0 aliphatic rings. The first-order valence-electron chi connectivity index (χ1n) is 5.85. The summed E-state index contributed by atoms with van der Waals surface area (Å²) >= 11 is 1.40. The van der Waals surface area contributed by atoms with Crippen molar-refractivity contribution in [2.45, 2.75) is 13.5 Å². The maximum atomic E-state index is 13.0. The lowest BCUT2D eigenvalue weighted by Crippen LogP contribution is -1.98. The first-order valence-corrected chi connectivity index (χ1v) is 6.67. The molecule has 0 amide bonds. The summed E-state index contributed by atoms with van der Waals surface area (Å²) in [7, 11) is 0. The lowest BCUT2D eigenvalue weighted by atomic mass is 10.3. The second kappa shape index (κ2) is 6.29. The highest BCUT2D eigenvalue weighted by Crippen LogP contribution is 2.29. The van der Waals surface area contributed by atoms with Crippen molar-refractivity contribution in [2.24, 2.45) is 0 Å². The molecular weight excluding hydrogens is 285 g/mol. The lowest BCUT2D eigenvalue weighted by Gasteiger charge is -2.04. The molecule has 0 saturated carbocycles. The fourth-order valence-electron chi connectivity index (χ4n) is 1.51. The second-order valence-corrected chi connectivity index (χ2v) is 4.94. The van der Waals surface area contributed by atoms with E-state index in [-0.39, 0.29) is 18.0 Å². The van der Waals surface area contributed by atoms with Gasteiger partial charge < -0.3 is 10.1 Å². The predicted octanol–water partition coefficient (Wildman–Crippen LogP) is 3.20. The standard InChI is InChI=1S/C12H12FN3O3S/c1-2-14-12-15-6-9(20-12)7-19-11-4-3-8(13)5-10(11)16(17)18/h3-6H,2,7H2,1H3,(H,14,15). The minimum absolute atomic E-state index is 0.0369. The zero-order chi connectivity index (χ0) is 14.5. The van der Waals surface area contributed by atoms with E-state index in [9.17, 15) is 14.5 Å². The summed E-state index contributed by atoms with van der Waals surface area (Å²) in [4.78, 5) is 15.1. The molecule has 0 bridgehead atoms. The van der Waals surface area contributed by atoms with Crippen molar-refractivity contribution in [3.8, 4) is 5.75 Å². The number of hydrogen-bond donors (Lipinski definition) is 1. The number of benzene rings is 1. The van der Waals surface area contributed by atoms with Crippen LogP contribution in [0.25, 0.3) is 0 Å². The van der Waals surface area contributed by atoms with E-state index in [4.69, 9.17) is 4.74 Å². The second-order valence-electron chi connectivity index (χ2n) is 3.82. The SMILES string of the molecule is CCNc1ncc(COc2ccc(F)cc2[N+](=O)[O-])s1. The van der Waals surface area contributed by atoms with Gasteiger partial charge in [0.1, 0.15) is 12.4 Å². The molecule has 20 heavy (non-hydrogen) atoms.